The average molecular weight is 275 g/mol. The second-order valence-corrected chi connectivity index (χ2v) is 4.52. The van der Waals surface area contributed by atoms with Crippen LogP contribution in [0.4, 0.5) is 0 Å². The van der Waals surface area contributed by atoms with Gasteiger partial charge >= 0.3 is 5.97 Å². The molecule has 0 amide bonds. The van der Waals surface area contributed by atoms with Crippen LogP contribution in [0.2, 0.25) is 0 Å². The first-order valence-corrected chi connectivity index (χ1v) is 5.97. The molecule has 0 radical (unpaired) electrons. The number of nitro groups is 1. The molecule has 0 saturated carbocycles. The molecule has 7 heteroatoms. The number of pyridine rings is 1. The van der Waals surface area contributed by atoms with Crippen molar-refractivity contribution in [1.82, 2.24) is 4.98 Å². The van der Waals surface area contributed by atoms with Gasteiger partial charge in [0.25, 0.3) is 6.04 Å². The highest BCUT2D eigenvalue weighted by molar-refractivity contribution is 5.97. The summed E-state index contributed by atoms with van der Waals surface area (Å²) in [6.07, 6.45) is 1.49. The number of aliphatic imine (C=N–C) groups is 1. The Hall–Kier alpha value is -2.57. The van der Waals surface area contributed by atoms with E-state index in [-0.39, 0.29) is 17.0 Å². The average Bonchev–Trinajstić information content (AvgIpc) is 2.37. The van der Waals surface area contributed by atoms with E-state index >= 15 is 0 Å². The Labute approximate surface area is 114 Å². The van der Waals surface area contributed by atoms with Gasteiger partial charge in [-0.05, 0) is 26.0 Å². The van der Waals surface area contributed by atoms with Gasteiger partial charge < -0.3 is 5.11 Å². The standard InChI is InChI=1S/C13H13N3O4/c1-7-10(13(17)18)11(9-5-3-4-6-14-9)12(16(19)20)8(2)15-7/h3-6,11-12H,1-2H3,(H,17,18). The van der Waals surface area contributed by atoms with E-state index in [0.29, 0.717) is 5.69 Å². The van der Waals surface area contributed by atoms with E-state index in [1.165, 1.54) is 13.1 Å². The summed E-state index contributed by atoms with van der Waals surface area (Å²) >= 11 is 0. The molecule has 2 heterocycles. The van der Waals surface area contributed by atoms with Gasteiger partial charge in [-0.15, -0.1) is 0 Å². The van der Waals surface area contributed by atoms with Crippen LogP contribution in [0.1, 0.15) is 25.5 Å². The van der Waals surface area contributed by atoms with Crippen molar-refractivity contribution in [2.24, 2.45) is 4.99 Å². The maximum absolute atomic E-state index is 11.4. The lowest BCUT2D eigenvalue weighted by Gasteiger charge is -2.25. The Kier molecular flexibility index (Phi) is 3.60. The largest absolute Gasteiger partial charge is 0.478 e. The van der Waals surface area contributed by atoms with Crippen molar-refractivity contribution >= 4 is 11.7 Å². The molecule has 1 aliphatic heterocycles. The molecule has 2 rings (SSSR count). The summed E-state index contributed by atoms with van der Waals surface area (Å²) in [6.45, 7) is 3.07. The maximum atomic E-state index is 11.4. The third-order valence-corrected chi connectivity index (χ3v) is 3.25. The minimum atomic E-state index is -1.21. The van der Waals surface area contributed by atoms with Crippen molar-refractivity contribution in [3.63, 3.8) is 0 Å². The molecule has 1 aliphatic rings. The predicted octanol–water partition coefficient (Wildman–Crippen LogP) is 1.64. The number of hydrogen-bond donors (Lipinski definition) is 1. The molecule has 0 spiro atoms. The highest BCUT2D eigenvalue weighted by Crippen LogP contribution is 2.35. The first-order valence-electron chi connectivity index (χ1n) is 5.97. The van der Waals surface area contributed by atoms with Crippen molar-refractivity contribution in [2.75, 3.05) is 0 Å². The van der Waals surface area contributed by atoms with Crippen LogP contribution in [0, 0.1) is 10.1 Å². The van der Waals surface area contributed by atoms with Gasteiger partial charge in [0.2, 0.25) is 0 Å². The van der Waals surface area contributed by atoms with Crippen molar-refractivity contribution in [3.05, 3.63) is 51.5 Å². The van der Waals surface area contributed by atoms with Crippen LogP contribution in [-0.4, -0.2) is 32.7 Å². The number of hydrogen-bond acceptors (Lipinski definition) is 5. The Morgan fingerprint density at radius 3 is 2.60 bits per heavy atom. The fourth-order valence-electron chi connectivity index (χ4n) is 2.45. The predicted molar refractivity (Wildman–Crippen MR) is 71.2 cm³/mol. The summed E-state index contributed by atoms with van der Waals surface area (Å²) in [5.74, 6) is -2.14. The van der Waals surface area contributed by atoms with Crippen molar-refractivity contribution in [2.45, 2.75) is 25.8 Å². The summed E-state index contributed by atoms with van der Waals surface area (Å²) in [5.41, 5.74) is 0.855. The van der Waals surface area contributed by atoms with Gasteiger partial charge in [0, 0.05) is 16.8 Å². The van der Waals surface area contributed by atoms with Crippen LogP contribution < -0.4 is 0 Å². The van der Waals surface area contributed by atoms with E-state index < -0.39 is 22.9 Å². The lowest BCUT2D eigenvalue weighted by atomic mass is 9.82. The summed E-state index contributed by atoms with van der Waals surface area (Å²) < 4.78 is 0. The summed E-state index contributed by atoms with van der Waals surface area (Å²) in [4.78, 5) is 30.3. The van der Waals surface area contributed by atoms with E-state index in [1.807, 2.05) is 0 Å². The zero-order valence-electron chi connectivity index (χ0n) is 11.0. The first-order chi connectivity index (χ1) is 9.43. The van der Waals surface area contributed by atoms with Crippen LogP contribution in [0.25, 0.3) is 0 Å². The van der Waals surface area contributed by atoms with Gasteiger partial charge in [-0.25, -0.2) is 4.79 Å². The third-order valence-electron chi connectivity index (χ3n) is 3.25. The molecule has 2 atom stereocenters. The van der Waals surface area contributed by atoms with Gasteiger partial charge in [0.15, 0.2) is 0 Å². The Bertz CT molecular complexity index is 622. The minimum Gasteiger partial charge on any atom is -0.478 e. The number of aliphatic carboxylic acids is 1. The number of carboxylic acid groups (broad SMARTS) is 1. The molecule has 0 saturated heterocycles. The molecule has 0 aromatic carbocycles. The molecule has 0 bridgehead atoms. The number of rotatable bonds is 3. The van der Waals surface area contributed by atoms with Crippen LogP contribution in [0.15, 0.2) is 40.7 Å². The molecule has 7 nitrogen and oxygen atoms in total. The molecule has 20 heavy (non-hydrogen) atoms. The highest BCUT2D eigenvalue weighted by Gasteiger charge is 2.44. The normalized spacial score (nSPS) is 22.4. The second kappa shape index (κ2) is 5.20. The van der Waals surface area contributed by atoms with Crippen molar-refractivity contribution in [1.29, 1.82) is 0 Å². The highest BCUT2D eigenvalue weighted by atomic mass is 16.6. The molecule has 1 N–H and O–H groups in total. The van der Waals surface area contributed by atoms with Crippen LogP contribution in [0.5, 0.6) is 0 Å². The smallest absolute Gasteiger partial charge is 0.334 e. The minimum absolute atomic E-state index is 0.0731. The van der Waals surface area contributed by atoms with E-state index in [4.69, 9.17) is 0 Å². The quantitative estimate of drug-likeness (QED) is 0.666. The van der Waals surface area contributed by atoms with Gasteiger partial charge in [-0.3, -0.25) is 20.1 Å². The molecular formula is C13H13N3O4. The Morgan fingerprint density at radius 2 is 2.10 bits per heavy atom. The monoisotopic (exact) mass is 275 g/mol. The molecule has 0 fully saturated rings. The molecular weight excluding hydrogens is 262 g/mol. The van der Waals surface area contributed by atoms with E-state index in [1.54, 1.807) is 25.1 Å². The topological polar surface area (TPSA) is 106 Å². The number of nitrogens with zero attached hydrogens (tertiary/aromatic N) is 3. The second-order valence-electron chi connectivity index (χ2n) is 4.52. The third kappa shape index (κ3) is 2.29. The number of carbonyl (C=O) groups is 1. The summed E-state index contributed by atoms with van der Waals surface area (Å²) in [5, 5.41) is 20.7. The lowest BCUT2D eigenvalue weighted by Crippen LogP contribution is -2.40. The van der Waals surface area contributed by atoms with Gasteiger partial charge in [-0.2, -0.15) is 0 Å². The fraction of sp³-hybridized carbons (Fsp3) is 0.308. The van der Waals surface area contributed by atoms with E-state index in [2.05, 4.69) is 9.98 Å². The van der Waals surface area contributed by atoms with E-state index in [0.717, 1.165) is 0 Å². The first kappa shape index (κ1) is 13.9. The summed E-state index contributed by atoms with van der Waals surface area (Å²) in [6, 6.07) is 3.73. The van der Waals surface area contributed by atoms with Crippen LogP contribution >= 0.6 is 0 Å². The zero-order chi connectivity index (χ0) is 14.9. The van der Waals surface area contributed by atoms with Gasteiger partial charge in [-0.1, -0.05) is 6.07 Å². The van der Waals surface area contributed by atoms with Crippen molar-refractivity contribution < 1.29 is 14.8 Å². The maximum Gasteiger partial charge on any atom is 0.334 e. The van der Waals surface area contributed by atoms with Crippen molar-refractivity contribution in [3.8, 4) is 0 Å². The molecule has 2 unspecified atom stereocenters. The van der Waals surface area contributed by atoms with E-state index in [9.17, 15) is 20.0 Å². The SMILES string of the molecule is CC1=NC(C)=C(C(=O)O)C(c2ccccn2)C1[N+](=O)[O-]. The van der Waals surface area contributed by atoms with Gasteiger partial charge in [0.1, 0.15) is 5.92 Å². The fourth-order valence-corrected chi connectivity index (χ4v) is 2.45. The number of allylic oxidation sites excluding steroid dienone is 1. The number of aromatic nitrogens is 1. The van der Waals surface area contributed by atoms with Crippen LogP contribution in [-0.2, 0) is 4.79 Å². The zero-order valence-corrected chi connectivity index (χ0v) is 11.0. The molecule has 1 aromatic heterocycles. The van der Waals surface area contributed by atoms with Gasteiger partial charge in [0.05, 0.1) is 17.0 Å². The molecule has 1 aromatic rings. The Morgan fingerprint density at radius 1 is 1.40 bits per heavy atom. The molecule has 0 aliphatic carbocycles. The van der Waals surface area contributed by atoms with Crippen LogP contribution in [0.3, 0.4) is 0 Å². The molecule has 104 valence electrons. The lowest BCUT2D eigenvalue weighted by molar-refractivity contribution is -0.505. The summed E-state index contributed by atoms with van der Waals surface area (Å²) in [7, 11) is 0. The number of carboxylic acids is 1. The Balaban J connectivity index is 2.65.